The van der Waals surface area contributed by atoms with Crippen LogP contribution in [0.3, 0.4) is 0 Å². The van der Waals surface area contributed by atoms with Gasteiger partial charge in [-0.3, -0.25) is 4.79 Å². The third-order valence-electron chi connectivity index (χ3n) is 10.4. The van der Waals surface area contributed by atoms with Crippen molar-refractivity contribution in [3.8, 4) is 45.5 Å². The third-order valence-corrected chi connectivity index (χ3v) is 10.4. The zero-order chi connectivity index (χ0) is 40.5. The molecule has 4 aromatic heterocycles. The first kappa shape index (κ1) is 39.2. The standard InChI is InChI=1S/C22H26N4O4.C20H24N4O3/c1-13-10-18(25-9-8-17(12-25)30-15(3)27)22-23-14(2)21(26(22)24-13)16-6-7-19(28-4)20(11-16)29-5;1-12-9-16(23-8-7-15(25)11-23)20-21-13(2)19(24(20)22-12)14-5-6-17(26-3)18(10-14)27-4/h6-7,10-11,17H,8-9,12H2,1-5H3;5-6,9-10,15,25H,7-8,11H2,1-4H3/t17-;15-/m11/s1. The number of nitrogens with zero attached hydrogens (tertiary/aromatic N) is 8. The third kappa shape index (κ3) is 7.71. The predicted octanol–water partition coefficient (Wildman–Crippen LogP) is 5.77. The number of β-amino-alcohol motifs (C(OH)–C–C–N with tert-alkyl or cyclic N) is 1. The summed E-state index contributed by atoms with van der Waals surface area (Å²) in [7, 11) is 6.49. The molecule has 8 rings (SSSR count). The molecule has 2 saturated heterocycles. The minimum Gasteiger partial charge on any atom is -0.493 e. The molecule has 57 heavy (non-hydrogen) atoms. The number of benzene rings is 2. The van der Waals surface area contributed by atoms with Gasteiger partial charge in [-0.25, -0.2) is 19.0 Å². The highest BCUT2D eigenvalue weighted by molar-refractivity contribution is 5.78. The van der Waals surface area contributed by atoms with E-state index in [0.717, 1.165) is 93.9 Å². The fourth-order valence-electron chi connectivity index (χ4n) is 7.79. The van der Waals surface area contributed by atoms with E-state index in [2.05, 4.69) is 9.80 Å². The van der Waals surface area contributed by atoms with Gasteiger partial charge in [0.25, 0.3) is 0 Å². The molecule has 15 heteroatoms. The first-order chi connectivity index (χ1) is 27.4. The minimum atomic E-state index is -0.292. The molecule has 0 radical (unpaired) electrons. The van der Waals surface area contributed by atoms with Crippen molar-refractivity contribution in [3.05, 3.63) is 71.3 Å². The van der Waals surface area contributed by atoms with Crippen LogP contribution in [0, 0.1) is 27.7 Å². The number of ether oxygens (including phenoxy) is 5. The van der Waals surface area contributed by atoms with Crippen molar-refractivity contribution in [2.45, 2.75) is 59.7 Å². The van der Waals surface area contributed by atoms with E-state index in [1.807, 2.05) is 85.3 Å². The van der Waals surface area contributed by atoms with Crippen LogP contribution in [0.4, 0.5) is 11.4 Å². The summed E-state index contributed by atoms with van der Waals surface area (Å²) in [6, 6.07) is 15.7. The van der Waals surface area contributed by atoms with Crippen LogP contribution in [0.1, 0.15) is 42.5 Å². The van der Waals surface area contributed by atoms with Crippen molar-refractivity contribution in [1.82, 2.24) is 29.2 Å². The number of anilines is 2. The van der Waals surface area contributed by atoms with Crippen LogP contribution in [0.25, 0.3) is 33.8 Å². The SMILES string of the molecule is COc1ccc(-c2c(C)nc3c(N4CC[C@@H](O)C4)cc(C)nn23)cc1OC.COc1ccc(-c2c(C)nc3c(N4CC[C@@H](OC(C)=O)C4)cc(C)nn23)cc1OC. The van der Waals surface area contributed by atoms with E-state index >= 15 is 0 Å². The Kier molecular flexibility index (Phi) is 11.1. The number of hydrogen-bond acceptors (Lipinski definition) is 13. The first-order valence-electron chi connectivity index (χ1n) is 19.0. The number of esters is 1. The molecule has 0 saturated carbocycles. The van der Waals surface area contributed by atoms with Crippen LogP contribution >= 0.6 is 0 Å². The highest BCUT2D eigenvalue weighted by Crippen LogP contribution is 2.38. The molecule has 0 amide bonds. The number of aliphatic hydroxyl groups excluding tert-OH is 1. The lowest BCUT2D eigenvalue weighted by atomic mass is 10.1. The summed E-state index contributed by atoms with van der Waals surface area (Å²) in [5, 5.41) is 19.4. The van der Waals surface area contributed by atoms with E-state index in [9.17, 15) is 9.90 Å². The smallest absolute Gasteiger partial charge is 0.302 e. The lowest BCUT2D eigenvalue weighted by Gasteiger charge is -2.19. The lowest BCUT2D eigenvalue weighted by Crippen LogP contribution is -2.25. The Morgan fingerprint density at radius 2 is 1.11 bits per heavy atom. The number of aliphatic hydroxyl groups is 1. The Morgan fingerprint density at radius 3 is 1.53 bits per heavy atom. The van der Waals surface area contributed by atoms with Crippen molar-refractivity contribution < 1.29 is 33.6 Å². The van der Waals surface area contributed by atoms with Crippen LogP contribution in [0.5, 0.6) is 23.0 Å². The fourth-order valence-corrected chi connectivity index (χ4v) is 7.79. The highest BCUT2D eigenvalue weighted by atomic mass is 16.5. The Balaban J connectivity index is 0.000000175. The van der Waals surface area contributed by atoms with Gasteiger partial charge in [0.1, 0.15) is 6.10 Å². The van der Waals surface area contributed by atoms with E-state index in [1.165, 1.54) is 6.92 Å². The average Bonchev–Trinajstić information content (AvgIpc) is 3.98. The van der Waals surface area contributed by atoms with Gasteiger partial charge in [-0.15, -0.1) is 0 Å². The van der Waals surface area contributed by atoms with Crippen molar-refractivity contribution in [1.29, 1.82) is 0 Å². The van der Waals surface area contributed by atoms with Crippen molar-refractivity contribution in [3.63, 3.8) is 0 Å². The van der Waals surface area contributed by atoms with E-state index in [1.54, 1.807) is 28.4 Å². The van der Waals surface area contributed by atoms with Gasteiger partial charge in [0.2, 0.25) is 0 Å². The van der Waals surface area contributed by atoms with Gasteiger partial charge in [-0.2, -0.15) is 10.2 Å². The number of aryl methyl sites for hydroxylation is 4. The van der Waals surface area contributed by atoms with Crippen molar-refractivity contribution in [2.75, 3.05) is 64.4 Å². The van der Waals surface area contributed by atoms with Gasteiger partial charge >= 0.3 is 5.97 Å². The lowest BCUT2D eigenvalue weighted by molar-refractivity contribution is -0.145. The first-order valence-corrected chi connectivity index (χ1v) is 19.0. The van der Waals surface area contributed by atoms with Gasteiger partial charge in [-0.1, -0.05) is 0 Å². The Hall–Kier alpha value is -6.09. The molecule has 0 aliphatic carbocycles. The van der Waals surface area contributed by atoms with Crippen LogP contribution in [0.15, 0.2) is 48.5 Å². The van der Waals surface area contributed by atoms with E-state index in [0.29, 0.717) is 36.1 Å². The summed E-state index contributed by atoms with van der Waals surface area (Å²) in [5.41, 5.74) is 10.9. The van der Waals surface area contributed by atoms with Crippen molar-refractivity contribution in [2.24, 2.45) is 0 Å². The second kappa shape index (κ2) is 16.2. The maximum Gasteiger partial charge on any atom is 0.302 e. The molecule has 300 valence electrons. The van der Waals surface area contributed by atoms with Crippen LogP contribution in [-0.4, -0.2) is 107 Å². The molecule has 2 aromatic carbocycles. The van der Waals surface area contributed by atoms with Crippen LogP contribution < -0.4 is 28.7 Å². The normalized spacial score (nSPS) is 16.5. The topological polar surface area (TPSA) is 150 Å². The average molecular weight is 779 g/mol. The number of methoxy groups -OCH3 is 4. The van der Waals surface area contributed by atoms with E-state index in [-0.39, 0.29) is 18.2 Å². The monoisotopic (exact) mass is 778 g/mol. The predicted molar refractivity (Wildman–Crippen MR) is 217 cm³/mol. The van der Waals surface area contributed by atoms with Crippen molar-refractivity contribution >= 4 is 28.6 Å². The summed E-state index contributed by atoms with van der Waals surface area (Å²) >= 11 is 0. The van der Waals surface area contributed by atoms with E-state index < -0.39 is 0 Å². The maximum atomic E-state index is 11.3. The molecule has 0 bridgehead atoms. The second-order valence-corrected chi connectivity index (χ2v) is 14.4. The summed E-state index contributed by atoms with van der Waals surface area (Å²) < 4.78 is 30.8. The molecular weight excluding hydrogens is 729 g/mol. The Labute approximate surface area is 331 Å². The van der Waals surface area contributed by atoms with Gasteiger partial charge < -0.3 is 38.6 Å². The molecule has 1 N–H and O–H groups in total. The second-order valence-electron chi connectivity index (χ2n) is 14.4. The Morgan fingerprint density at radius 1 is 0.649 bits per heavy atom. The minimum absolute atomic E-state index is 0.0996. The molecule has 2 atom stereocenters. The zero-order valence-electron chi connectivity index (χ0n) is 34.0. The highest BCUT2D eigenvalue weighted by Gasteiger charge is 2.29. The summed E-state index contributed by atoms with van der Waals surface area (Å²) in [6.45, 7) is 12.2. The fraction of sp³-hybridized carbons (Fsp3) is 0.405. The molecule has 6 heterocycles. The van der Waals surface area contributed by atoms with Crippen LogP contribution in [-0.2, 0) is 9.53 Å². The largest absolute Gasteiger partial charge is 0.493 e. The van der Waals surface area contributed by atoms with Crippen LogP contribution in [0.2, 0.25) is 0 Å². The Bertz CT molecular complexity index is 2440. The summed E-state index contributed by atoms with van der Waals surface area (Å²) in [6.07, 6.45) is 1.18. The molecule has 15 nitrogen and oxygen atoms in total. The number of aromatic nitrogens is 6. The van der Waals surface area contributed by atoms with Gasteiger partial charge in [0.05, 0.1) is 86.6 Å². The maximum absolute atomic E-state index is 11.3. The number of hydrogen-bond donors (Lipinski definition) is 1. The summed E-state index contributed by atoms with van der Waals surface area (Å²) in [5.74, 6) is 2.43. The molecular formula is C42H50N8O7. The number of fused-ring (bicyclic) bond motifs is 2. The number of carbonyl (C=O) groups excluding carboxylic acids is 1. The van der Waals surface area contributed by atoms with Gasteiger partial charge in [0.15, 0.2) is 34.3 Å². The molecule has 0 unspecified atom stereocenters. The molecule has 2 aliphatic rings. The zero-order valence-corrected chi connectivity index (χ0v) is 34.0. The molecule has 2 fully saturated rings. The number of carbonyl (C=O) groups is 1. The molecule has 0 spiro atoms. The summed E-state index contributed by atoms with van der Waals surface area (Å²) in [4.78, 5) is 25.4. The quantitative estimate of drug-likeness (QED) is 0.177. The van der Waals surface area contributed by atoms with Gasteiger partial charge in [0, 0.05) is 44.1 Å². The molecule has 2 aliphatic heterocycles. The number of imidazole rings is 2. The van der Waals surface area contributed by atoms with Gasteiger partial charge in [-0.05, 0) is 82.6 Å². The molecule has 6 aromatic rings. The number of rotatable bonds is 9. The van der Waals surface area contributed by atoms with E-state index in [4.69, 9.17) is 43.8 Å².